The molecule has 0 bridgehead atoms. The number of rotatable bonds is 5. The molecule has 0 aliphatic carbocycles. The molecule has 2 unspecified atom stereocenters. The van der Waals surface area contributed by atoms with Gasteiger partial charge >= 0.3 is 0 Å². The first-order valence-electron chi connectivity index (χ1n) is 8.35. The van der Waals surface area contributed by atoms with Crippen LogP contribution in [-0.4, -0.2) is 59.5 Å². The average molecular weight is 448 g/mol. The second-order valence-electron chi connectivity index (χ2n) is 6.04. The van der Waals surface area contributed by atoms with Crippen LogP contribution < -0.4 is 10.6 Å². The summed E-state index contributed by atoms with van der Waals surface area (Å²) in [5.41, 5.74) is 0. The summed E-state index contributed by atoms with van der Waals surface area (Å²) < 4.78 is 2.16. The van der Waals surface area contributed by atoms with Crippen LogP contribution in [0.3, 0.4) is 0 Å². The van der Waals surface area contributed by atoms with Crippen molar-refractivity contribution >= 4 is 35.8 Å². The van der Waals surface area contributed by atoms with Crippen LogP contribution in [0.1, 0.15) is 32.7 Å². The Bertz CT molecular complexity index is 519. The Hall–Kier alpha value is -1.32. The maximum atomic E-state index is 11.7. The van der Waals surface area contributed by atoms with E-state index in [1.54, 1.807) is 7.05 Å². The molecule has 7 nitrogen and oxygen atoms in total. The van der Waals surface area contributed by atoms with Crippen molar-refractivity contribution in [1.29, 1.82) is 0 Å². The van der Waals surface area contributed by atoms with Gasteiger partial charge in [0.2, 0.25) is 5.91 Å². The first-order chi connectivity index (χ1) is 11.2. The number of hydrogen-bond donors (Lipinski definition) is 2. The summed E-state index contributed by atoms with van der Waals surface area (Å²) in [5, 5.41) is 6.03. The smallest absolute Gasteiger partial charge is 0.239 e. The summed E-state index contributed by atoms with van der Waals surface area (Å²) in [4.78, 5) is 22.5. The van der Waals surface area contributed by atoms with Crippen molar-refractivity contribution in [3.8, 4) is 0 Å². The van der Waals surface area contributed by atoms with E-state index >= 15 is 0 Å². The SMILES string of the molecule is CCCNC(=O)CNC(=NC)N1CCC(C)C(n2ccnc2)C1.I. The molecule has 1 amide bonds. The van der Waals surface area contributed by atoms with E-state index in [0.717, 1.165) is 31.9 Å². The maximum absolute atomic E-state index is 11.7. The highest BCUT2D eigenvalue weighted by atomic mass is 127. The zero-order valence-electron chi connectivity index (χ0n) is 14.7. The van der Waals surface area contributed by atoms with E-state index in [4.69, 9.17) is 0 Å². The zero-order chi connectivity index (χ0) is 16.7. The van der Waals surface area contributed by atoms with Gasteiger partial charge in [-0.05, 0) is 18.8 Å². The standard InChI is InChI=1S/C16H28N6O.HI/c1-4-6-19-15(23)10-20-16(17-3)21-8-5-13(2)14(11-21)22-9-7-18-12-22;/h7,9,12-14H,4-6,8,10-11H2,1-3H3,(H,17,20)(H,19,23);1H. The zero-order valence-corrected chi connectivity index (χ0v) is 17.1. The second kappa shape index (κ2) is 10.5. The Morgan fingerprint density at radius 2 is 2.21 bits per heavy atom. The molecule has 2 atom stereocenters. The summed E-state index contributed by atoms with van der Waals surface area (Å²) in [5.74, 6) is 1.38. The van der Waals surface area contributed by atoms with Crippen molar-refractivity contribution in [2.75, 3.05) is 33.2 Å². The van der Waals surface area contributed by atoms with Crippen molar-refractivity contribution in [1.82, 2.24) is 25.1 Å². The Kier molecular flexibility index (Phi) is 9.09. The average Bonchev–Trinajstić information content (AvgIpc) is 3.09. The van der Waals surface area contributed by atoms with Crippen LogP contribution in [0.5, 0.6) is 0 Å². The number of likely N-dealkylation sites (tertiary alicyclic amines) is 1. The van der Waals surface area contributed by atoms with Crippen LogP contribution in [-0.2, 0) is 4.79 Å². The van der Waals surface area contributed by atoms with Gasteiger partial charge in [-0.2, -0.15) is 0 Å². The topological polar surface area (TPSA) is 74.6 Å². The highest BCUT2D eigenvalue weighted by Crippen LogP contribution is 2.27. The lowest BCUT2D eigenvalue weighted by Gasteiger charge is -2.39. The number of amides is 1. The quantitative estimate of drug-likeness (QED) is 0.407. The number of piperidine rings is 1. The van der Waals surface area contributed by atoms with Gasteiger partial charge in [-0.1, -0.05) is 13.8 Å². The predicted molar refractivity (Wildman–Crippen MR) is 107 cm³/mol. The monoisotopic (exact) mass is 448 g/mol. The number of aromatic nitrogens is 2. The van der Waals surface area contributed by atoms with Crippen molar-refractivity contribution in [3.05, 3.63) is 18.7 Å². The molecule has 0 aromatic carbocycles. The van der Waals surface area contributed by atoms with Gasteiger partial charge < -0.3 is 20.1 Å². The van der Waals surface area contributed by atoms with Crippen LogP contribution in [0.15, 0.2) is 23.7 Å². The molecular formula is C16H29IN6O. The highest BCUT2D eigenvalue weighted by molar-refractivity contribution is 14.0. The number of halogens is 1. The van der Waals surface area contributed by atoms with Gasteiger partial charge in [-0.25, -0.2) is 4.98 Å². The maximum Gasteiger partial charge on any atom is 0.239 e. The molecule has 2 N–H and O–H groups in total. The molecule has 8 heteroatoms. The fourth-order valence-corrected chi connectivity index (χ4v) is 2.91. The lowest BCUT2D eigenvalue weighted by Crippen LogP contribution is -2.50. The lowest BCUT2D eigenvalue weighted by atomic mass is 9.93. The summed E-state index contributed by atoms with van der Waals surface area (Å²) in [6.45, 7) is 7.10. The first-order valence-corrected chi connectivity index (χ1v) is 8.35. The third-order valence-electron chi connectivity index (χ3n) is 4.32. The van der Waals surface area contributed by atoms with Crippen LogP contribution in [0.2, 0.25) is 0 Å². The van der Waals surface area contributed by atoms with E-state index in [2.05, 4.69) is 37.0 Å². The van der Waals surface area contributed by atoms with Gasteiger partial charge in [-0.15, -0.1) is 24.0 Å². The van der Waals surface area contributed by atoms with Gasteiger partial charge in [0.25, 0.3) is 0 Å². The van der Waals surface area contributed by atoms with Crippen molar-refractivity contribution in [3.63, 3.8) is 0 Å². The predicted octanol–water partition coefficient (Wildman–Crippen LogP) is 1.49. The number of hydrogen-bond acceptors (Lipinski definition) is 3. The van der Waals surface area contributed by atoms with Gasteiger partial charge in [0.15, 0.2) is 5.96 Å². The summed E-state index contributed by atoms with van der Waals surface area (Å²) >= 11 is 0. The van der Waals surface area contributed by atoms with Crippen LogP contribution >= 0.6 is 24.0 Å². The fourth-order valence-electron chi connectivity index (χ4n) is 2.91. The minimum atomic E-state index is 0. The van der Waals surface area contributed by atoms with E-state index in [0.29, 0.717) is 18.5 Å². The molecule has 1 aliphatic heterocycles. The Morgan fingerprint density at radius 3 is 2.83 bits per heavy atom. The van der Waals surface area contributed by atoms with E-state index in [1.165, 1.54) is 0 Å². The van der Waals surface area contributed by atoms with Gasteiger partial charge in [-0.3, -0.25) is 9.79 Å². The number of imidazole rings is 1. The van der Waals surface area contributed by atoms with E-state index in [1.807, 2.05) is 25.6 Å². The van der Waals surface area contributed by atoms with Crippen LogP contribution in [0.25, 0.3) is 0 Å². The van der Waals surface area contributed by atoms with Gasteiger partial charge in [0, 0.05) is 39.1 Å². The number of nitrogens with one attached hydrogen (secondary N) is 2. The van der Waals surface area contributed by atoms with E-state index < -0.39 is 0 Å². The molecule has 0 radical (unpaired) electrons. The van der Waals surface area contributed by atoms with Gasteiger partial charge in [0.1, 0.15) is 0 Å². The van der Waals surface area contributed by atoms with Crippen LogP contribution in [0.4, 0.5) is 0 Å². The fraction of sp³-hybridized carbons (Fsp3) is 0.688. The third-order valence-corrected chi connectivity index (χ3v) is 4.32. The summed E-state index contributed by atoms with van der Waals surface area (Å²) in [6, 6.07) is 0.374. The molecule has 136 valence electrons. The normalized spacial score (nSPS) is 21.1. The van der Waals surface area contributed by atoms with E-state index in [-0.39, 0.29) is 36.4 Å². The summed E-state index contributed by atoms with van der Waals surface area (Å²) in [7, 11) is 1.76. The van der Waals surface area contributed by atoms with Crippen molar-refractivity contribution < 1.29 is 4.79 Å². The molecule has 0 spiro atoms. The number of carbonyl (C=O) groups excluding carboxylic acids is 1. The highest BCUT2D eigenvalue weighted by Gasteiger charge is 2.28. The van der Waals surface area contributed by atoms with Crippen molar-refractivity contribution in [2.45, 2.75) is 32.7 Å². The Morgan fingerprint density at radius 1 is 1.42 bits per heavy atom. The van der Waals surface area contributed by atoms with Crippen molar-refractivity contribution in [2.24, 2.45) is 10.9 Å². The molecule has 2 rings (SSSR count). The molecule has 2 heterocycles. The number of aliphatic imine (C=N–C) groups is 1. The number of guanidine groups is 1. The number of carbonyl (C=O) groups is 1. The minimum Gasteiger partial charge on any atom is -0.355 e. The molecule has 1 fully saturated rings. The molecule has 1 aliphatic rings. The van der Waals surface area contributed by atoms with E-state index in [9.17, 15) is 4.79 Å². The largest absolute Gasteiger partial charge is 0.355 e. The molecule has 1 saturated heterocycles. The first kappa shape index (κ1) is 20.7. The number of nitrogens with zero attached hydrogens (tertiary/aromatic N) is 4. The minimum absolute atomic E-state index is 0. The Labute approximate surface area is 161 Å². The van der Waals surface area contributed by atoms with Gasteiger partial charge in [0.05, 0.1) is 18.9 Å². The summed E-state index contributed by atoms with van der Waals surface area (Å²) in [6.07, 6.45) is 7.73. The van der Waals surface area contributed by atoms with Crippen LogP contribution in [0, 0.1) is 5.92 Å². The molecular weight excluding hydrogens is 419 g/mol. The molecule has 24 heavy (non-hydrogen) atoms. The lowest BCUT2D eigenvalue weighted by molar-refractivity contribution is -0.120. The molecule has 0 saturated carbocycles. The third kappa shape index (κ3) is 5.64. The molecule has 1 aromatic rings. The molecule has 1 aromatic heterocycles. The second-order valence-corrected chi connectivity index (χ2v) is 6.04. The Balaban J connectivity index is 0.00000288.